The molecule has 394 valence electrons. The number of esters is 1. The summed E-state index contributed by atoms with van der Waals surface area (Å²) in [5.41, 5.74) is -0.0686. The summed E-state index contributed by atoms with van der Waals surface area (Å²) >= 11 is 0. The van der Waals surface area contributed by atoms with Crippen LogP contribution >= 0.6 is 0 Å². The Morgan fingerprint density at radius 1 is 0.373 bits per heavy atom. The Hall–Kier alpha value is -1.87. The second-order valence-electron chi connectivity index (χ2n) is 17.3. The predicted molar refractivity (Wildman–Crippen MR) is 258 cm³/mol. The fourth-order valence-electron chi connectivity index (χ4n) is 7.04. The molecule has 0 amide bonds. The van der Waals surface area contributed by atoms with Crippen molar-refractivity contribution >= 4 is 5.97 Å². The van der Waals surface area contributed by atoms with Crippen LogP contribution in [0.4, 0.5) is 0 Å². The van der Waals surface area contributed by atoms with E-state index in [9.17, 15) is 4.79 Å². The second-order valence-corrected chi connectivity index (χ2v) is 17.3. The number of carbonyl (C=O) groups excluding carboxylic acids is 1. The minimum atomic E-state index is -0.518. The minimum Gasteiger partial charge on any atom is -0.461 e. The summed E-state index contributed by atoms with van der Waals surface area (Å²) in [6, 6.07) is 9.77. The van der Waals surface area contributed by atoms with Crippen molar-refractivity contribution < 1.29 is 75.8 Å². The molecule has 1 unspecified atom stereocenters. The normalized spacial score (nSPS) is 12.6. The Kier molecular flexibility index (Phi) is 43.8. The van der Waals surface area contributed by atoms with E-state index in [1.54, 1.807) is 42.7 Å². The lowest BCUT2D eigenvalue weighted by Crippen LogP contribution is -2.42. The Labute approximate surface area is 405 Å². The molecule has 67 heavy (non-hydrogen) atoms. The molecule has 0 saturated carbocycles. The van der Waals surface area contributed by atoms with Crippen LogP contribution < -0.4 is 0 Å². The average molecular weight is 963 g/mol. The van der Waals surface area contributed by atoms with E-state index in [1.165, 1.54) is 0 Å². The summed E-state index contributed by atoms with van der Waals surface area (Å²) in [7, 11) is 10.2. The molecule has 1 aromatic carbocycles. The van der Waals surface area contributed by atoms with Gasteiger partial charge in [-0.05, 0) is 76.2 Å². The molecule has 0 saturated heterocycles. The molecular weight excluding hydrogens is 869 g/mol. The number of unbranched alkanes of at least 4 members (excludes halogenated alkanes) is 2. The van der Waals surface area contributed by atoms with Crippen LogP contribution in [0.15, 0.2) is 30.3 Å². The van der Waals surface area contributed by atoms with Gasteiger partial charge in [0.1, 0.15) is 6.61 Å². The molecule has 0 spiro atoms. The van der Waals surface area contributed by atoms with Crippen LogP contribution in [0.2, 0.25) is 0 Å². The SMILES string of the molecule is COCCCCOCC(COCCCOC)(COCCCOC)COCCCC(CCCCOCC(COCCCOC)(COCCCOC)COCCCOC)C(=O)OCc1ccccc1. The molecule has 16 heteroatoms. The first-order valence-corrected chi connectivity index (χ1v) is 24.7. The molecule has 0 aliphatic rings. The van der Waals surface area contributed by atoms with Gasteiger partial charge in [-0.3, -0.25) is 4.79 Å². The van der Waals surface area contributed by atoms with Crippen LogP contribution in [0.1, 0.15) is 82.6 Å². The van der Waals surface area contributed by atoms with E-state index in [4.69, 9.17) is 71.1 Å². The molecule has 0 aliphatic heterocycles. The number of hydrogen-bond acceptors (Lipinski definition) is 16. The first-order chi connectivity index (χ1) is 32.9. The van der Waals surface area contributed by atoms with Crippen molar-refractivity contribution in [2.24, 2.45) is 16.7 Å². The first kappa shape index (κ1) is 63.1. The van der Waals surface area contributed by atoms with Gasteiger partial charge in [0.2, 0.25) is 0 Å². The molecule has 0 aromatic heterocycles. The smallest absolute Gasteiger partial charge is 0.309 e. The average Bonchev–Trinajstić information content (AvgIpc) is 3.34. The lowest BCUT2D eigenvalue weighted by molar-refractivity contribution is -0.150. The van der Waals surface area contributed by atoms with Gasteiger partial charge < -0.3 is 71.1 Å². The van der Waals surface area contributed by atoms with Gasteiger partial charge in [0.25, 0.3) is 0 Å². The van der Waals surface area contributed by atoms with E-state index in [1.807, 2.05) is 30.3 Å². The monoisotopic (exact) mass is 963 g/mol. The number of methoxy groups -OCH3 is 6. The van der Waals surface area contributed by atoms with Gasteiger partial charge in [-0.25, -0.2) is 0 Å². The summed E-state index contributed by atoms with van der Waals surface area (Å²) in [6.07, 6.45) is 9.30. The van der Waals surface area contributed by atoms with Crippen LogP contribution in [0.5, 0.6) is 0 Å². The fraction of sp³-hybridized carbons (Fsp3) is 0.863. The quantitative estimate of drug-likeness (QED) is 0.0485. The minimum absolute atomic E-state index is 0.198. The van der Waals surface area contributed by atoms with E-state index in [-0.39, 0.29) is 18.5 Å². The third-order valence-electron chi connectivity index (χ3n) is 10.8. The molecule has 1 rings (SSSR count). The highest BCUT2D eigenvalue weighted by Gasteiger charge is 2.34. The number of hydrogen-bond donors (Lipinski definition) is 0. The van der Waals surface area contributed by atoms with Crippen molar-refractivity contribution in [1.29, 1.82) is 0 Å². The highest BCUT2D eigenvalue weighted by Crippen LogP contribution is 2.25. The third-order valence-corrected chi connectivity index (χ3v) is 10.8. The predicted octanol–water partition coefficient (Wildman–Crippen LogP) is 7.01. The van der Waals surface area contributed by atoms with Crippen LogP contribution in [0, 0.1) is 16.7 Å². The lowest BCUT2D eigenvalue weighted by Gasteiger charge is -2.33. The zero-order valence-electron chi connectivity index (χ0n) is 42.7. The highest BCUT2D eigenvalue weighted by molar-refractivity contribution is 5.72. The third kappa shape index (κ3) is 35.8. The van der Waals surface area contributed by atoms with Crippen LogP contribution in [0.25, 0.3) is 0 Å². The molecule has 0 N–H and O–H groups in total. The van der Waals surface area contributed by atoms with E-state index in [2.05, 4.69) is 0 Å². The zero-order chi connectivity index (χ0) is 48.6. The Morgan fingerprint density at radius 2 is 0.657 bits per heavy atom. The largest absolute Gasteiger partial charge is 0.461 e. The molecule has 0 aliphatic carbocycles. The van der Waals surface area contributed by atoms with Crippen molar-refractivity contribution in [3.05, 3.63) is 35.9 Å². The summed E-state index contributed by atoms with van der Waals surface area (Å²) < 4.78 is 87.1. The fourth-order valence-corrected chi connectivity index (χ4v) is 7.04. The summed E-state index contributed by atoms with van der Waals surface area (Å²) in [4.78, 5) is 13.7. The number of benzene rings is 1. The summed E-state index contributed by atoms with van der Waals surface area (Å²) in [6.45, 7) is 11.8. The van der Waals surface area contributed by atoms with Crippen LogP contribution in [-0.4, -0.2) is 194 Å². The van der Waals surface area contributed by atoms with Gasteiger partial charge in [-0.1, -0.05) is 36.8 Å². The van der Waals surface area contributed by atoms with Crippen molar-refractivity contribution in [3.63, 3.8) is 0 Å². The number of ether oxygens (including phenoxy) is 15. The van der Waals surface area contributed by atoms with Gasteiger partial charge in [-0.2, -0.15) is 0 Å². The van der Waals surface area contributed by atoms with E-state index < -0.39 is 10.8 Å². The van der Waals surface area contributed by atoms with Gasteiger partial charge in [-0.15, -0.1) is 0 Å². The zero-order valence-corrected chi connectivity index (χ0v) is 42.7. The number of rotatable bonds is 53. The Balaban J connectivity index is 2.99. The molecule has 0 fully saturated rings. The van der Waals surface area contributed by atoms with Crippen molar-refractivity contribution in [2.75, 3.05) is 188 Å². The van der Waals surface area contributed by atoms with Gasteiger partial charge in [0.15, 0.2) is 0 Å². The van der Waals surface area contributed by atoms with E-state index >= 15 is 0 Å². The molecule has 1 atom stereocenters. The maximum absolute atomic E-state index is 13.7. The topological polar surface area (TPSA) is 156 Å². The van der Waals surface area contributed by atoms with Crippen LogP contribution in [0.3, 0.4) is 0 Å². The van der Waals surface area contributed by atoms with E-state index in [0.717, 1.165) is 63.4 Å². The molecule has 0 heterocycles. The van der Waals surface area contributed by atoms with Crippen LogP contribution in [-0.2, 0) is 82.5 Å². The van der Waals surface area contributed by atoms with Gasteiger partial charge >= 0.3 is 5.97 Å². The standard InChI is InChI=1S/C51H94O16/c1-53-24-12-13-31-60-40-50(42-62-33-15-25-54-2,43-63-34-16-26-55-3)41-61-32-14-23-48(49(52)67-38-47-20-8-7-9-21-47)22-10-11-30-59-39-51(44-64-35-17-27-56-4,45-65-36-18-28-57-5)46-66-37-19-29-58-6/h7-9,20-21,48H,10-19,22-46H2,1-6H3. The van der Waals surface area contributed by atoms with E-state index in [0.29, 0.717) is 165 Å². The molecule has 16 nitrogen and oxygen atoms in total. The maximum atomic E-state index is 13.7. The summed E-state index contributed by atoms with van der Waals surface area (Å²) in [5.74, 6) is -0.489. The van der Waals surface area contributed by atoms with Gasteiger partial charge in [0.05, 0.1) is 69.6 Å². The number of carbonyl (C=O) groups is 1. The molecule has 0 bridgehead atoms. The first-order valence-electron chi connectivity index (χ1n) is 24.7. The van der Waals surface area contributed by atoms with Gasteiger partial charge in [0, 0.05) is 135 Å². The lowest BCUT2D eigenvalue weighted by atomic mass is 9.92. The highest BCUT2D eigenvalue weighted by atomic mass is 16.5. The maximum Gasteiger partial charge on any atom is 0.309 e. The molecular formula is C51H94O16. The molecule has 0 radical (unpaired) electrons. The summed E-state index contributed by atoms with van der Waals surface area (Å²) in [5, 5.41) is 0. The van der Waals surface area contributed by atoms with Crippen molar-refractivity contribution in [3.8, 4) is 0 Å². The van der Waals surface area contributed by atoms with Crippen molar-refractivity contribution in [2.45, 2.75) is 83.7 Å². The Bertz CT molecular complexity index is 1130. The second kappa shape index (κ2) is 46.5. The Morgan fingerprint density at radius 3 is 1.01 bits per heavy atom. The molecule has 1 aromatic rings. The van der Waals surface area contributed by atoms with Crippen molar-refractivity contribution in [1.82, 2.24) is 0 Å².